The first-order valence-electron chi connectivity index (χ1n) is 6.78. The van der Waals surface area contributed by atoms with E-state index in [1.165, 1.54) is 0 Å². The molecule has 2 heterocycles. The summed E-state index contributed by atoms with van der Waals surface area (Å²) in [6, 6.07) is 6.09. The summed E-state index contributed by atoms with van der Waals surface area (Å²) in [5.74, 6) is 0. The first-order chi connectivity index (χ1) is 9.54. The van der Waals surface area contributed by atoms with E-state index in [2.05, 4.69) is 45.7 Å². The van der Waals surface area contributed by atoms with Gasteiger partial charge in [-0.25, -0.2) is 0 Å². The summed E-state index contributed by atoms with van der Waals surface area (Å²) in [5.41, 5.74) is 8.95. The molecule has 0 unspecified atom stereocenters. The summed E-state index contributed by atoms with van der Waals surface area (Å²) >= 11 is 3.53. The Kier molecular flexibility index (Phi) is 3.56. The first kappa shape index (κ1) is 13.6. The van der Waals surface area contributed by atoms with Crippen molar-refractivity contribution >= 4 is 38.2 Å². The number of ether oxygens (including phenoxy) is 1. The molecule has 20 heavy (non-hydrogen) atoms. The summed E-state index contributed by atoms with van der Waals surface area (Å²) in [6.45, 7) is 5.89. The van der Waals surface area contributed by atoms with Crippen LogP contribution in [0.2, 0.25) is 0 Å². The number of aromatic nitrogens is 1. The van der Waals surface area contributed by atoms with Gasteiger partial charge in [0.2, 0.25) is 0 Å². The molecule has 3 rings (SSSR count). The van der Waals surface area contributed by atoms with Gasteiger partial charge in [0.15, 0.2) is 0 Å². The predicted octanol–water partition coefficient (Wildman–Crippen LogP) is 3.19. The highest BCUT2D eigenvalue weighted by atomic mass is 79.9. The van der Waals surface area contributed by atoms with E-state index in [-0.39, 0.29) is 12.2 Å². The van der Waals surface area contributed by atoms with Gasteiger partial charge in [-0.1, -0.05) is 15.9 Å². The topological polar surface area (TPSA) is 51.4 Å². The van der Waals surface area contributed by atoms with Crippen LogP contribution in [-0.4, -0.2) is 30.3 Å². The Hall–Kier alpha value is -1.33. The number of anilines is 2. The second kappa shape index (κ2) is 5.22. The lowest BCUT2D eigenvalue weighted by Crippen LogP contribution is -2.45. The summed E-state index contributed by atoms with van der Waals surface area (Å²) in [5, 5.41) is 1.08. The van der Waals surface area contributed by atoms with Crippen LogP contribution in [0.3, 0.4) is 0 Å². The van der Waals surface area contributed by atoms with Crippen LogP contribution in [0.15, 0.2) is 28.9 Å². The summed E-state index contributed by atoms with van der Waals surface area (Å²) in [6.07, 6.45) is 2.15. The summed E-state index contributed by atoms with van der Waals surface area (Å²) < 4.78 is 6.84. The SMILES string of the molecule is C[C@@H]1CN(c2c(N)cnc3ccc(Br)cc23)C[C@H](C)O1. The zero-order valence-electron chi connectivity index (χ0n) is 11.6. The van der Waals surface area contributed by atoms with Crippen molar-refractivity contribution in [1.29, 1.82) is 0 Å². The van der Waals surface area contributed by atoms with Crippen LogP contribution in [-0.2, 0) is 4.74 Å². The normalized spacial score (nSPS) is 23.2. The summed E-state index contributed by atoms with van der Waals surface area (Å²) in [4.78, 5) is 6.72. The van der Waals surface area contributed by atoms with Crippen molar-refractivity contribution in [3.8, 4) is 0 Å². The third-order valence-corrected chi connectivity index (χ3v) is 4.06. The molecule has 1 fully saturated rings. The van der Waals surface area contributed by atoms with E-state index < -0.39 is 0 Å². The molecule has 1 saturated heterocycles. The average Bonchev–Trinajstić information content (AvgIpc) is 2.37. The monoisotopic (exact) mass is 335 g/mol. The van der Waals surface area contributed by atoms with Crippen LogP contribution in [0.1, 0.15) is 13.8 Å². The number of fused-ring (bicyclic) bond motifs is 1. The number of benzene rings is 1. The Morgan fingerprint density at radius 3 is 2.70 bits per heavy atom. The molecule has 2 atom stereocenters. The van der Waals surface area contributed by atoms with Gasteiger partial charge in [-0.15, -0.1) is 0 Å². The van der Waals surface area contributed by atoms with Gasteiger partial charge in [-0.05, 0) is 32.0 Å². The van der Waals surface area contributed by atoms with E-state index in [0.717, 1.165) is 39.8 Å². The number of nitrogens with two attached hydrogens (primary N) is 1. The van der Waals surface area contributed by atoms with E-state index in [1.54, 1.807) is 6.20 Å². The van der Waals surface area contributed by atoms with Gasteiger partial charge in [0.1, 0.15) is 0 Å². The van der Waals surface area contributed by atoms with E-state index in [1.807, 2.05) is 12.1 Å². The minimum atomic E-state index is 0.202. The number of pyridine rings is 1. The fourth-order valence-corrected chi connectivity index (χ4v) is 3.24. The first-order valence-corrected chi connectivity index (χ1v) is 7.58. The standard InChI is InChI=1S/C15H18BrN3O/c1-9-7-19(8-10(2)20-9)15-12-5-11(16)3-4-14(12)18-6-13(15)17/h3-6,9-10H,7-8,17H2,1-2H3/t9-,10+. The van der Waals surface area contributed by atoms with E-state index in [0.29, 0.717) is 0 Å². The highest BCUT2D eigenvalue weighted by Crippen LogP contribution is 2.34. The van der Waals surface area contributed by atoms with Gasteiger partial charge in [0.05, 0.1) is 35.3 Å². The maximum atomic E-state index is 6.20. The molecule has 5 heteroatoms. The molecule has 106 valence electrons. The highest BCUT2D eigenvalue weighted by Gasteiger charge is 2.25. The second-order valence-electron chi connectivity index (χ2n) is 5.39. The minimum Gasteiger partial charge on any atom is -0.396 e. The van der Waals surface area contributed by atoms with Gasteiger partial charge in [-0.3, -0.25) is 4.98 Å². The molecule has 4 nitrogen and oxygen atoms in total. The van der Waals surface area contributed by atoms with Crippen molar-refractivity contribution in [3.63, 3.8) is 0 Å². The number of nitrogens with zero attached hydrogens (tertiary/aromatic N) is 2. The van der Waals surface area contributed by atoms with Gasteiger partial charge < -0.3 is 15.4 Å². The van der Waals surface area contributed by atoms with Crippen molar-refractivity contribution in [2.75, 3.05) is 23.7 Å². The van der Waals surface area contributed by atoms with Gasteiger partial charge >= 0.3 is 0 Å². The lowest BCUT2D eigenvalue weighted by molar-refractivity contribution is -0.00509. The maximum Gasteiger partial charge on any atom is 0.0745 e. The van der Waals surface area contributed by atoms with Gasteiger partial charge in [0, 0.05) is 22.9 Å². The molecule has 0 bridgehead atoms. The molecule has 1 aromatic carbocycles. The molecular formula is C15H18BrN3O. The van der Waals surface area contributed by atoms with Crippen LogP contribution in [0, 0.1) is 0 Å². The fourth-order valence-electron chi connectivity index (χ4n) is 2.88. The number of hydrogen-bond donors (Lipinski definition) is 1. The Bertz CT molecular complexity index is 631. The quantitative estimate of drug-likeness (QED) is 0.869. The smallest absolute Gasteiger partial charge is 0.0745 e. The Morgan fingerprint density at radius 1 is 1.30 bits per heavy atom. The number of halogens is 1. The number of hydrogen-bond acceptors (Lipinski definition) is 4. The summed E-state index contributed by atoms with van der Waals surface area (Å²) in [7, 11) is 0. The van der Waals surface area contributed by atoms with Crippen LogP contribution >= 0.6 is 15.9 Å². The molecule has 0 radical (unpaired) electrons. The van der Waals surface area contributed by atoms with E-state index >= 15 is 0 Å². The van der Waals surface area contributed by atoms with Crippen LogP contribution in [0.4, 0.5) is 11.4 Å². The minimum absolute atomic E-state index is 0.202. The highest BCUT2D eigenvalue weighted by molar-refractivity contribution is 9.10. The van der Waals surface area contributed by atoms with Gasteiger partial charge in [0.25, 0.3) is 0 Å². The van der Waals surface area contributed by atoms with Crippen molar-refractivity contribution in [3.05, 3.63) is 28.9 Å². The molecule has 1 aliphatic rings. The number of rotatable bonds is 1. The van der Waals surface area contributed by atoms with E-state index in [9.17, 15) is 0 Å². The Morgan fingerprint density at radius 2 is 2.00 bits per heavy atom. The fraction of sp³-hybridized carbons (Fsp3) is 0.400. The molecule has 0 aliphatic carbocycles. The Labute approximate surface area is 127 Å². The van der Waals surface area contributed by atoms with Crippen LogP contribution in [0.5, 0.6) is 0 Å². The van der Waals surface area contributed by atoms with Crippen LogP contribution in [0.25, 0.3) is 10.9 Å². The van der Waals surface area contributed by atoms with Crippen molar-refractivity contribution < 1.29 is 4.74 Å². The third kappa shape index (κ3) is 2.47. The lowest BCUT2D eigenvalue weighted by Gasteiger charge is -2.37. The zero-order valence-corrected chi connectivity index (χ0v) is 13.2. The van der Waals surface area contributed by atoms with Crippen molar-refractivity contribution in [2.45, 2.75) is 26.1 Å². The van der Waals surface area contributed by atoms with Crippen molar-refractivity contribution in [2.24, 2.45) is 0 Å². The maximum absolute atomic E-state index is 6.20. The number of morpholine rings is 1. The van der Waals surface area contributed by atoms with Crippen molar-refractivity contribution in [1.82, 2.24) is 4.98 Å². The molecule has 1 aromatic heterocycles. The lowest BCUT2D eigenvalue weighted by atomic mass is 10.1. The largest absolute Gasteiger partial charge is 0.396 e. The molecule has 0 amide bonds. The second-order valence-corrected chi connectivity index (χ2v) is 6.30. The molecular weight excluding hydrogens is 318 g/mol. The zero-order chi connectivity index (χ0) is 14.3. The molecule has 2 N–H and O–H groups in total. The molecule has 2 aromatic rings. The number of nitrogen functional groups attached to an aromatic ring is 1. The van der Waals surface area contributed by atoms with Gasteiger partial charge in [-0.2, -0.15) is 0 Å². The molecule has 0 spiro atoms. The average molecular weight is 336 g/mol. The molecule has 0 saturated carbocycles. The molecule has 1 aliphatic heterocycles. The predicted molar refractivity (Wildman–Crippen MR) is 86.1 cm³/mol. The Balaban J connectivity index is 2.14. The third-order valence-electron chi connectivity index (χ3n) is 3.57. The van der Waals surface area contributed by atoms with Crippen LogP contribution < -0.4 is 10.6 Å². The van der Waals surface area contributed by atoms with E-state index in [4.69, 9.17) is 10.5 Å².